The third-order valence-corrected chi connectivity index (χ3v) is 5.88. The van der Waals surface area contributed by atoms with Crippen molar-refractivity contribution in [1.82, 2.24) is 19.1 Å². The van der Waals surface area contributed by atoms with Crippen LogP contribution in [0.1, 0.15) is 38.2 Å². The lowest BCUT2D eigenvalue weighted by atomic mass is 10.0. The second-order valence-electron chi connectivity index (χ2n) is 7.99. The van der Waals surface area contributed by atoms with Crippen LogP contribution >= 0.6 is 11.6 Å². The number of aryl methyl sites for hydroxylation is 2. The van der Waals surface area contributed by atoms with Crippen molar-refractivity contribution < 1.29 is 0 Å². The van der Waals surface area contributed by atoms with E-state index in [1.54, 1.807) is 4.57 Å². The van der Waals surface area contributed by atoms with Crippen LogP contribution < -0.4 is 11.2 Å². The van der Waals surface area contributed by atoms with Gasteiger partial charge in [-0.15, -0.1) is 0 Å². The number of hydrogen-bond donors (Lipinski definition) is 1. The number of hydrogen-bond acceptors (Lipinski definition) is 3. The van der Waals surface area contributed by atoms with Crippen LogP contribution in [0.5, 0.6) is 0 Å². The molecule has 0 spiro atoms. The molecule has 0 aliphatic rings. The van der Waals surface area contributed by atoms with Crippen molar-refractivity contribution in [3.63, 3.8) is 0 Å². The number of fused-ring (bicyclic) bond motifs is 1. The van der Waals surface area contributed by atoms with Gasteiger partial charge in [-0.3, -0.25) is 13.9 Å². The first-order chi connectivity index (χ1) is 15.6. The molecule has 32 heavy (non-hydrogen) atoms. The fourth-order valence-electron chi connectivity index (χ4n) is 4.04. The van der Waals surface area contributed by atoms with E-state index in [1.807, 2.05) is 24.3 Å². The van der Waals surface area contributed by atoms with Gasteiger partial charge in [0.2, 0.25) is 5.28 Å². The number of H-pyrrole nitrogens is 1. The van der Waals surface area contributed by atoms with Crippen LogP contribution in [-0.2, 0) is 19.5 Å². The number of aromatic nitrogens is 4. The first-order valence-corrected chi connectivity index (χ1v) is 11.5. The molecule has 2 aromatic carbocycles. The summed E-state index contributed by atoms with van der Waals surface area (Å²) in [6, 6.07) is 18.6. The van der Waals surface area contributed by atoms with E-state index in [0.717, 1.165) is 31.2 Å². The molecule has 2 heterocycles. The number of nitrogens with zero attached hydrogens (tertiary/aromatic N) is 3. The molecule has 0 atom stereocenters. The van der Waals surface area contributed by atoms with Crippen molar-refractivity contribution in [2.75, 3.05) is 0 Å². The minimum Gasteiger partial charge on any atom is -0.323 e. The Morgan fingerprint density at radius 1 is 0.906 bits per heavy atom. The third kappa shape index (κ3) is 4.70. The van der Waals surface area contributed by atoms with Crippen molar-refractivity contribution in [3.05, 3.63) is 86.3 Å². The van der Waals surface area contributed by atoms with E-state index in [0.29, 0.717) is 25.2 Å². The van der Waals surface area contributed by atoms with Crippen LogP contribution in [-0.4, -0.2) is 19.1 Å². The highest BCUT2D eigenvalue weighted by atomic mass is 35.5. The minimum absolute atomic E-state index is 0.121. The molecule has 0 fully saturated rings. The molecule has 0 saturated carbocycles. The van der Waals surface area contributed by atoms with Gasteiger partial charge in [-0.05, 0) is 47.6 Å². The largest absolute Gasteiger partial charge is 0.332 e. The van der Waals surface area contributed by atoms with Gasteiger partial charge in [0.1, 0.15) is 0 Å². The van der Waals surface area contributed by atoms with E-state index in [-0.39, 0.29) is 22.0 Å². The predicted octanol–water partition coefficient (Wildman–Crippen LogP) is 5.03. The molecule has 0 unspecified atom stereocenters. The number of nitrogens with one attached hydrogen (secondary N) is 1. The molecule has 0 saturated heterocycles. The predicted molar refractivity (Wildman–Crippen MR) is 129 cm³/mol. The van der Waals surface area contributed by atoms with Crippen molar-refractivity contribution in [1.29, 1.82) is 0 Å². The van der Waals surface area contributed by atoms with Crippen molar-refractivity contribution in [2.45, 2.75) is 52.1 Å². The van der Waals surface area contributed by atoms with Gasteiger partial charge in [0.15, 0.2) is 11.2 Å². The maximum absolute atomic E-state index is 13.1. The Labute approximate surface area is 191 Å². The van der Waals surface area contributed by atoms with Crippen LogP contribution in [0.25, 0.3) is 22.3 Å². The Bertz CT molecular complexity index is 1320. The van der Waals surface area contributed by atoms with E-state index >= 15 is 0 Å². The van der Waals surface area contributed by atoms with Crippen LogP contribution in [0.4, 0.5) is 0 Å². The van der Waals surface area contributed by atoms with Gasteiger partial charge < -0.3 is 4.98 Å². The Balaban J connectivity index is 1.56. The number of halogens is 1. The second-order valence-corrected chi connectivity index (χ2v) is 8.35. The van der Waals surface area contributed by atoms with Crippen LogP contribution in [0.15, 0.2) is 64.2 Å². The summed E-state index contributed by atoms with van der Waals surface area (Å²) < 4.78 is 2.88. The highest BCUT2D eigenvalue weighted by molar-refractivity contribution is 6.28. The molecule has 6 nitrogen and oxygen atoms in total. The molecule has 0 aliphatic carbocycles. The average Bonchev–Trinajstić information content (AvgIpc) is 3.21. The molecule has 7 heteroatoms. The average molecular weight is 451 g/mol. The normalized spacial score (nSPS) is 11.3. The number of benzene rings is 2. The van der Waals surface area contributed by atoms with Crippen LogP contribution in [0, 0.1) is 0 Å². The van der Waals surface area contributed by atoms with Gasteiger partial charge in [-0.25, -0.2) is 4.79 Å². The molecule has 166 valence electrons. The summed E-state index contributed by atoms with van der Waals surface area (Å²) in [7, 11) is 0. The molecule has 0 bridgehead atoms. The highest BCUT2D eigenvalue weighted by Crippen LogP contribution is 2.20. The SMILES string of the molecule is CCCCCn1c(=O)n(CCCc2cccc(-c3ccccc3)c2)c(=O)c2[nH]c(Cl)nc21. The van der Waals surface area contributed by atoms with Gasteiger partial charge in [0.05, 0.1) is 0 Å². The Morgan fingerprint density at radius 3 is 2.44 bits per heavy atom. The number of imidazole rings is 1. The third-order valence-electron chi connectivity index (χ3n) is 5.70. The zero-order chi connectivity index (χ0) is 22.5. The van der Waals surface area contributed by atoms with E-state index in [1.165, 1.54) is 15.7 Å². The fourth-order valence-corrected chi connectivity index (χ4v) is 4.21. The summed E-state index contributed by atoms with van der Waals surface area (Å²) in [6.45, 7) is 2.97. The smallest absolute Gasteiger partial charge is 0.323 e. The first-order valence-electron chi connectivity index (χ1n) is 11.1. The standard InChI is InChI=1S/C25H27ClN4O2/c1-2-3-7-15-29-22-21(27-24(26)28-22)23(31)30(25(29)32)16-9-11-18-10-8-14-20(17-18)19-12-5-4-6-13-19/h4-6,8,10,12-14,17H,2-3,7,9,11,15-16H2,1H3,(H,27,28). The summed E-state index contributed by atoms with van der Waals surface area (Å²) in [6.07, 6.45) is 4.34. The number of unbranched alkanes of at least 4 members (excludes halogenated alkanes) is 2. The van der Waals surface area contributed by atoms with Gasteiger partial charge in [-0.1, -0.05) is 74.4 Å². The van der Waals surface area contributed by atoms with Gasteiger partial charge in [0.25, 0.3) is 5.56 Å². The molecule has 4 rings (SSSR count). The lowest BCUT2D eigenvalue weighted by Gasteiger charge is -2.11. The molecular formula is C25H27ClN4O2. The maximum atomic E-state index is 13.1. The van der Waals surface area contributed by atoms with Crippen LogP contribution in [0.3, 0.4) is 0 Å². The fraction of sp³-hybridized carbons (Fsp3) is 0.320. The van der Waals surface area contributed by atoms with Crippen molar-refractivity contribution in [2.24, 2.45) is 0 Å². The van der Waals surface area contributed by atoms with Gasteiger partial charge in [-0.2, -0.15) is 4.98 Å². The van der Waals surface area contributed by atoms with Gasteiger partial charge >= 0.3 is 5.69 Å². The first kappa shape index (κ1) is 22.1. The minimum atomic E-state index is -0.367. The number of rotatable bonds is 9. The zero-order valence-corrected chi connectivity index (χ0v) is 18.9. The summed E-state index contributed by atoms with van der Waals surface area (Å²) in [5, 5.41) is 0.121. The molecule has 0 aliphatic heterocycles. The maximum Gasteiger partial charge on any atom is 0.332 e. The quantitative estimate of drug-likeness (QED) is 0.287. The van der Waals surface area contributed by atoms with Crippen LogP contribution in [0.2, 0.25) is 5.28 Å². The van der Waals surface area contributed by atoms with Crippen molar-refractivity contribution >= 4 is 22.8 Å². The molecular weight excluding hydrogens is 424 g/mol. The summed E-state index contributed by atoms with van der Waals surface area (Å²) in [4.78, 5) is 33.1. The van der Waals surface area contributed by atoms with Crippen molar-refractivity contribution in [3.8, 4) is 11.1 Å². The molecule has 0 amide bonds. The Kier molecular flexibility index (Phi) is 6.90. The van der Waals surface area contributed by atoms with E-state index in [4.69, 9.17) is 11.6 Å². The highest BCUT2D eigenvalue weighted by Gasteiger charge is 2.16. The zero-order valence-electron chi connectivity index (χ0n) is 18.2. The summed E-state index contributed by atoms with van der Waals surface area (Å²) >= 11 is 6.01. The molecule has 2 aromatic heterocycles. The lowest BCUT2D eigenvalue weighted by molar-refractivity contribution is 0.526. The van der Waals surface area contributed by atoms with Gasteiger partial charge in [0, 0.05) is 13.1 Å². The topological polar surface area (TPSA) is 72.7 Å². The Morgan fingerprint density at radius 2 is 1.66 bits per heavy atom. The number of aromatic amines is 1. The van der Waals surface area contributed by atoms with E-state index < -0.39 is 0 Å². The summed E-state index contributed by atoms with van der Waals surface area (Å²) in [5.74, 6) is 0. The molecule has 1 N–H and O–H groups in total. The summed E-state index contributed by atoms with van der Waals surface area (Å²) in [5.41, 5.74) is 3.45. The monoisotopic (exact) mass is 450 g/mol. The molecule has 4 aromatic rings. The second kappa shape index (κ2) is 10.0. The van der Waals surface area contributed by atoms with E-state index in [9.17, 15) is 9.59 Å². The molecule has 0 radical (unpaired) electrons. The van der Waals surface area contributed by atoms with E-state index in [2.05, 4.69) is 47.2 Å². The lowest BCUT2D eigenvalue weighted by Crippen LogP contribution is -2.40. The Hall–Kier alpha value is -3.12.